The summed E-state index contributed by atoms with van der Waals surface area (Å²) in [4.78, 5) is 27.5. The van der Waals surface area contributed by atoms with Crippen LogP contribution in [0.15, 0.2) is 115 Å². The predicted octanol–water partition coefficient (Wildman–Crippen LogP) is 10.3. The van der Waals surface area contributed by atoms with Crippen molar-refractivity contribution in [3.63, 3.8) is 0 Å². The van der Waals surface area contributed by atoms with Crippen molar-refractivity contribution in [2.75, 3.05) is 47.3 Å². The van der Waals surface area contributed by atoms with E-state index in [0.717, 1.165) is 28.2 Å². The normalized spacial score (nSPS) is 12.8. The summed E-state index contributed by atoms with van der Waals surface area (Å²) in [5.41, 5.74) is 3.12. The van der Waals surface area contributed by atoms with Crippen molar-refractivity contribution in [1.29, 1.82) is 5.26 Å². The number of methoxy groups -OCH3 is 2. The summed E-state index contributed by atoms with van der Waals surface area (Å²) in [6.45, 7) is 10.0. The van der Waals surface area contributed by atoms with Gasteiger partial charge in [0.05, 0.1) is 59.7 Å². The molecular weight excluding hydrogens is 804 g/mol. The van der Waals surface area contributed by atoms with Gasteiger partial charge in [0.15, 0.2) is 11.6 Å². The number of nitrogens with zero attached hydrogens (tertiary/aromatic N) is 2. The minimum atomic E-state index is -1.34. The van der Waals surface area contributed by atoms with Crippen LogP contribution in [-0.2, 0) is 19.4 Å². The highest BCUT2D eigenvalue weighted by Crippen LogP contribution is 2.46. The molecule has 6 rings (SSSR count). The Bertz CT molecular complexity index is 2240. The number of fused-ring (bicyclic) bond motifs is 2. The SMILES string of the molecule is COc1ccc(C(OCCCOc2ccc3c(c2)C(=O)c2ccc(OCCCOP(OCCC#N)N(C(C)C)C(C)C)cc2C3=O)(c2ccccc2)c2ccc(OC)cc2)cc1. The van der Waals surface area contributed by atoms with Crippen molar-refractivity contribution >= 4 is 20.1 Å². The average Bonchev–Trinajstić information content (AvgIpc) is 3.29. The fourth-order valence-electron chi connectivity index (χ4n) is 7.54. The first-order chi connectivity index (χ1) is 30.1. The van der Waals surface area contributed by atoms with Gasteiger partial charge in [0, 0.05) is 47.2 Å². The maximum absolute atomic E-state index is 13.8. The molecular formula is C50H55N2O9P. The lowest BCUT2D eigenvalue weighted by Crippen LogP contribution is -2.33. The van der Waals surface area contributed by atoms with Crippen LogP contribution in [0, 0.1) is 11.3 Å². The highest BCUT2D eigenvalue weighted by Gasteiger charge is 2.38. The highest BCUT2D eigenvalue weighted by molar-refractivity contribution is 7.44. The van der Waals surface area contributed by atoms with Gasteiger partial charge in [-0.3, -0.25) is 9.59 Å². The van der Waals surface area contributed by atoms with Crippen LogP contribution >= 0.6 is 8.53 Å². The maximum atomic E-state index is 13.8. The molecule has 12 heteroatoms. The first kappa shape index (κ1) is 45.9. The smallest absolute Gasteiger partial charge is 0.259 e. The second-order valence-electron chi connectivity index (χ2n) is 15.2. The molecule has 0 radical (unpaired) electrons. The van der Waals surface area contributed by atoms with E-state index in [0.29, 0.717) is 86.0 Å². The molecule has 11 nitrogen and oxygen atoms in total. The number of hydrogen-bond donors (Lipinski definition) is 0. The molecule has 0 saturated carbocycles. The van der Waals surface area contributed by atoms with Gasteiger partial charge in [-0.05, 0) is 105 Å². The van der Waals surface area contributed by atoms with Crippen molar-refractivity contribution < 1.29 is 42.3 Å². The van der Waals surface area contributed by atoms with Crippen LogP contribution in [0.3, 0.4) is 0 Å². The standard InChI is InChI=1S/C50H55N2O9P/c1-35(2)52(36(3)4)62(60-31-10-27-51)61-32-12-29-58-43-24-26-45-47(34-43)49(54)44-25-23-42(33-46(44)48(45)53)57-28-11-30-59-50(37-13-8-7-9-14-37,38-15-19-40(55-5)20-16-38)39-17-21-41(56-6)22-18-39/h7-9,13-26,33-36H,10-12,28-32H2,1-6H3. The average molecular weight is 859 g/mol. The molecule has 0 amide bonds. The zero-order chi connectivity index (χ0) is 44.1. The molecule has 0 spiro atoms. The largest absolute Gasteiger partial charge is 0.497 e. The first-order valence-corrected chi connectivity index (χ1v) is 22.1. The summed E-state index contributed by atoms with van der Waals surface area (Å²) >= 11 is 0. The number of hydrogen-bond acceptors (Lipinski definition) is 11. The number of carbonyl (C=O) groups excluding carboxylic acids is 2. The van der Waals surface area contributed by atoms with Gasteiger partial charge in [-0.15, -0.1) is 0 Å². The molecule has 1 aliphatic carbocycles. The van der Waals surface area contributed by atoms with Gasteiger partial charge in [-0.1, -0.05) is 54.6 Å². The quantitative estimate of drug-likeness (QED) is 0.0347. The van der Waals surface area contributed by atoms with Gasteiger partial charge in [0.25, 0.3) is 8.53 Å². The van der Waals surface area contributed by atoms with E-state index in [1.165, 1.54) is 0 Å². The number of carbonyl (C=O) groups is 2. The van der Waals surface area contributed by atoms with Gasteiger partial charge in [0.1, 0.15) is 28.6 Å². The predicted molar refractivity (Wildman–Crippen MR) is 239 cm³/mol. The summed E-state index contributed by atoms with van der Waals surface area (Å²) in [5.74, 6) is 1.96. The Morgan fingerprint density at radius 1 is 0.565 bits per heavy atom. The Labute approximate surface area is 366 Å². The molecule has 0 saturated heterocycles. The number of rotatable bonds is 23. The lowest BCUT2D eigenvalue weighted by molar-refractivity contribution is 0.00708. The third-order valence-corrected chi connectivity index (χ3v) is 12.5. The van der Waals surface area contributed by atoms with E-state index >= 15 is 0 Å². The summed E-state index contributed by atoms with van der Waals surface area (Å²) in [7, 11) is 1.94. The lowest BCUT2D eigenvalue weighted by Gasteiger charge is -2.36. The van der Waals surface area contributed by atoms with Crippen molar-refractivity contribution in [3.8, 4) is 29.1 Å². The van der Waals surface area contributed by atoms with Gasteiger partial charge < -0.3 is 32.7 Å². The van der Waals surface area contributed by atoms with Crippen molar-refractivity contribution in [3.05, 3.63) is 154 Å². The third-order valence-electron chi connectivity index (χ3n) is 10.4. The Morgan fingerprint density at radius 2 is 1.02 bits per heavy atom. The van der Waals surface area contributed by atoms with Gasteiger partial charge in [0.2, 0.25) is 0 Å². The number of ether oxygens (including phenoxy) is 5. The monoisotopic (exact) mass is 858 g/mol. The van der Waals surface area contributed by atoms with E-state index in [-0.39, 0.29) is 23.7 Å². The first-order valence-electron chi connectivity index (χ1n) is 20.9. The Morgan fingerprint density at radius 3 is 1.48 bits per heavy atom. The Kier molecular flexibility index (Phi) is 16.3. The number of benzene rings is 5. The molecule has 0 aliphatic heterocycles. The summed E-state index contributed by atoms with van der Waals surface area (Å²) < 4.78 is 44.3. The lowest BCUT2D eigenvalue weighted by atomic mass is 9.80. The van der Waals surface area contributed by atoms with Crippen molar-refractivity contribution in [2.24, 2.45) is 0 Å². The number of ketones is 2. The minimum Gasteiger partial charge on any atom is -0.497 e. The van der Waals surface area contributed by atoms with Crippen LogP contribution in [0.2, 0.25) is 0 Å². The Balaban J connectivity index is 1.08. The van der Waals surface area contributed by atoms with Crippen LogP contribution in [0.1, 0.15) is 95.5 Å². The van der Waals surface area contributed by atoms with E-state index in [4.69, 9.17) is 38.0 Å². The van der Waals surface area contributed by atoms with E-state index in [2.05, 4.69) is 50.6 Å². The summed E-state index contributed by atoms with van der Waals surface area (Å²) in [5, 5.41) is 8.97. The minimum absolute atomic E-state index is 0.204. The second kappa shape index (κ2) is 22.0. The number of nitriles is 1. The maximum Gasteiger partial charge on any atom is 0.259 e. The van der Waals surface area contributed by atoms with E-state index in [9.17, 15) is 9.59 Å². The molecule has 5 aromatic carbocycles. The molecule has 0 N–H and O–H groups in total. The molecule has 62 heavy (non-hydrogen) atoms. The molecule has 1 aliphatic rings. The summed E-state index contributed by atoms with van der Waals surface area (Å²) in [6.07, 6.45) is 1.40. The van der Waals surface area contributed by atoms with Crippen LogP contribution < -0.4 is 18.9 Å². The van der Waals surface area contributed by atoms with Crippen molar-refractivity contribution in [2.45, 2.75) is 64.6 Å². The van der Waals surface area contributed by atoms with Gasteiger partial charge >= 0.3 is 0 Å². The highest BCUT2D eigenvalue weighted by atomic mass is 31.2. The molecule has 0 aromatic heterocycles. The second-order valence-corrected chi connectivity index (χ2v) is 16.7. The fourth-order valence-corrected chi connectivity index (χ4v) is 9.17. The topological polar surface area (TPSA) is 126 Å². The zero-order valence-corrected chi connectivity index (χ0v) is 37.2. The van der Waals surface area contributed by atoms with E-state index in [1.807, 2.05) is 66.7 Å². The molecule has 1 unspecified atom stereocenters. The van der Waals surface area contributed by atoms with Crippen molar-refractivity contribution in [1.82, 2.24) is 4.67 Å². The molecule has 324 valence electrons. The molecule has 1 atom stereocenters. The zero-order valence-electron chi connectivity index (χ0n) is 36.3. The van der Waals surface area contributed by atoms with E-state index < -0.39 is 14.1 Å². The molecule has 5 aromatic rings. The van der Waals surface area contributed by atoms with Crippen LogP contribution in [-0.4, -0.2) is 75.6 Å². The van der Waals surface area contributed by atoms with Crippen LogP contribution in [0.4, 0.5) is 0 Å². The van der Waals surface area contributed by atoms with Crippen LogP contribution in [0.25, 0.3) is 0 Å². The van der Waals surface area contributed by atoms with Gasteiger partial charge in [-0.25, -0.2) is 4.67 Å². The molecule has 0 bridgehead atoms. The Hall–Kier alpha value is -5.60. The third kappa shape index (κ3) is 10.7. The summed E-state index contributed by atoms with van der Waals surface area (Å²) in [6, 6.07) is 38.4. The fraction of sp³-hybridized carbons (Fsp3) is 0.340. The molecule has 0 fully saturated rings. The van der Waals surface area contributed by atoms with E-state index in [1.54, 1.807) is 50.6 Å². The molecule has 0 heterocycles. The van der Waals surface area contributed by atoms with Crippen LogP contribution in [0.5, 0.6) is 23.0 Å². The van der Waals surface area contributed by atoms with Gasteiger partial charge in [-0.2, -0.15) is 5.26 Å².